The van der Waals surface area contributed by atoms with Gasteiger partial charge in [0.25, 0.3) is 0 Å². The summed E-state index contributed by atoms with van der Waals surface area (Å²) in [6, 6.07) is 0. The Kier molecular flexibility index (Phi) is 7.33. The zero-order valence-corrected chi connectivity index (χ0v) is 18.2. The molecule has 0 amide bonds. The van der Waals surface area contributed by atoms with Gasteiger partial charge < -0.3 is 0 Å². The maximum absolute atomic E-state index is 11.2. The molecule has 0 aromatic rings. The number of rotatable bonds is 12. The van der Waals surface area contributed by atoms with E-state index in [-0.39, 0.29) is 52.9 Å². The van der Waals surface area contributed by atoms with Crippen LogP contribution in [0.5, 0.6) is 0 Å². The molecule has 186 valence electrons. The molecule has 0 saturated carbocycles. The third kappa shape index (κ3) is 6.57. The number of ether oxygens (including phenoxy) is 8. The van der Waals surface area contributed by atoms with Gasteiger partial charge in [-0.2, -0.15) is 0 Å². The van der Waals surface area contributed by atoms with Crippen molar-refractivity contribution in [1.82, 2.24) is 0 Å². The van der Waals surface area contributed by atoms with E-state index in [1.54, 1.807) is 0 Å². The standard InChI is InChI=1S/C16H21O16Si/c17-13-21-1-9(29-13)5-25-33(26-6-10-2-22-14(18)30-10,27-7-11-3-23-15(19)31-11)28-8-12-4-24-16(20)32-12/h9-12,33H,1-8H2/q-1. The number of cyclic esters (lactones) is 8. The van der Waals surface area contributed by atoms with Crippen LogP contribution in [0.4, 0.5) is 19.2 Å². The zero-order chi connectivity index (χ0) is 23.3. The number of hydrogen-bond donors (Lipinski definition) is 0. The summed E-state index contributed by atoms with van der Waals surface area (Å²) in [5, 5.41) is 0. The van der Waals surface area contributed by atoms with E-state index in [4.69, 9.17) is 55.6 Å². The molecule has 33 heavy (non-hydrogen) atoms. The first-order chi connectivity index (χ1) is 15.9. The Morgan fingerprint density at radius 1 is 0.515 bits per heavy atom. The van der Waals surface area contributed by atoms with Crippen molar-refractivity contribution in [2.24, 2.45) is 0 Å². The minimum atomic E-state index is -4.51. The van der Waals surface area contributed by atoms with Gasteiger partial charge in [0, 0.05) is 0 Å². The van der Waals surface area contributed by atoms with Crippen molar-refractivity contribution in [2.45, 2.75) is 24.4 Å². The summed E-state index contributed by atoms with van der Waals surface area (Å²) in [5.41, 5.74) is 0. The molecule has 0 spiro atoms. The summed E-state index contributed by atoms with van der Waals surface area (Å²) in [5.74, 6) is 0. The quantitative estimate of drug-likeness (QED) is 0.189. The molecule has 0 aromatic carbocycles. The summed E-state index contributed by atoms with van der Waals surface area (Å²) >= 11 is 0. The molecule has 4 atom stereocenters. The van der Waals surface area contributed by atoms with Gasteiger partial charge in [-0.25, -0.2) is 0 Å². The summed E-state index contributed by atoms with van der Waals surface area (Å²) in [7, 11) is -4.51. The van der Waals surface area contributed by atoms with Crippen molar-refractivity contribution in [2.75, 3.05) is 52.9 Å². The SMILES string of the molecule is O=C1OCC(CO[SiH-](OCC2COC(=O)O2)(OCC2COC(=O)O2)OCC2COC(=O)O2)O1. The summed E-state index contributed by atoms with van der Waals surface area (Å²) in [4.78, 5) is 44.8. The van der Waals surface area contributed by atoms with E-state index < -0.39 is 58.1 Å². The minimum absolute atomic E-state index is 0.0654. The predicted octanol–water partition coefficient (Wildman–Crippen LogP) is -0.638. The van der Waals surface area contributed by atoms with E-state index >= 15 is 0 Å². The molecule has 0 N–H and O–H groups in total. The second-order valence-electron chi connectivity index (χ2n) is 7.11. The Morgan fingerprint density at radius 2 is 0.758 bits per heavy atom. The fraction of sp³-hybridized carbons (Fsp3) is 0.750. The van der Waals surface area contributed by atoms with Crippen LogP contribution in [0, 0.1) is 0 Å². The van der Waals surface area contributed by atoms with Gasteiger partial charge in [0.2, 0.25) is 0 Å². The van der Waals surface area contributed by atoms with Gasteiger partial charge in [-0.05, 0) is 0 Å². The number of hydrogen-bond acceptors (Lipinski definition) is 16. The van der Waals surface area contributed by atoms with Gasteiger partial charge in [0.15, 0.2) is 0 Å². The Bertz CT molecular complexity index is 633. The molecule has 4 aliphatic rings. The molecule has 4 rings (SSSR count). The summed E-state index contributed by atoms with van der Waals surface area (Å²) in [6.45, 7) is -1.15. The normalized spacial score (nSPS) is 29.3. The third-order valence-corrected chi connectivity index (χ3v) is 6.95. The van der Waals surface area contributed by atoms with E-state index in [2.05, 4.69) is 0 Å². The predicted molar refractivity (Wildman–Crippen MR) is 95.8 cm³/mol. The summed E-state index contributed by atoms with van der Waals surface area (Å²) < 4.78 is 61.9. The fourth-order valence-electron chi connectivity index (χ4n) is 2.98. The van der Waals surface area contributed by atoms with Gasteiger partial charge in [0.1, 0.15) is 0 Å². The maximum atomic E-state index is 11.2. The van der Waals surface area contributed by atoms with E-state index in [0.717, 1.165) is 0 Å². The Balaban J connectivity index is 1.43. The molecule has 0 aromatic heterocycles. The van der Waals surface area contributed by atoms with Gasteiger partial charge in [-0.3, -0.25) is 0 Å². The van der Waals surface area contributed by atoms with Gasteiger partial charge in [0.05, 0.1) is 0 Å². The average molecular weight is 497 g/mol. The van der Waals surface area contributed by atoms with Crippen LogP contribution in [0.25, 0.3) is 0 Å². The van der Waals surface area contributed by atoms with Crippen LogP contribution < -0.4 is 0 Å². The molecular weight excluding hydrogens is 476 g/mol. The Hall–Kier alpha value is -2.86. The average Bonchev–Trinajstić information content (AvgIpc) is 3.58. The third-order valence-electron chi connectivity index (χ3n) is 4.54. The molecule has 0 bridgehead atoms. The molecule has 0 aliphatic carbocycles. The second kappa shape index (κ2) is 10.4. The van der Waals surface area contributed by atoms with E-state index in [0.29, 0.717) is 0 Å². The Morgan fingerprint density at radius 3 is 0.939 bits per heavy atom. The van der Waals surface area contributed by atoms with Crippen LogP contribution in [0.15, 0.2) is 0 Å². The molecule has 16 nitrogen and oxygen atoms in total. The van der Waals surface area contributed by atoms with Crippen LogP contribution in [0.2, 0.25) is 0 Å². The van der Waals surface area contributed by atoms with Crippen molar-refractivity contribution in [1.29, 1.82) is 0 Å². The number of carbonyl (C=O) groups is 4. The van der Waals surface area contributed by atoms with Crippen LogP contribution in [-0.4, -0.2) is 111 Å². The van der Waals surface area contributed by atoms with Crippen molar-refractivity contribution in [3.8, 4) is 0 Å². The van der Waals surface area contributed by atoms with Gasteiger partial charge in [-0.15, -0.1) is 0 Å². The monoisotopic (exact) mass is 497 g/mol. The topological polar surface area (TPSA) is 179 Å². The molecular formula is C16H21O16Si-. The summed E-state index contributed by atoms with van der Waals surface area (Å²) in [6.07, 6.45) is -6.49. The molecule has 4 unspecified atom stereocenters. The van der Waals surface area contributed by atoms with Crippen LogP contribution in [0.1, 0.15) is 0 Å². The zero-order valence-electron chi connectivity index (χ0n) is 17.1. The molecule has 4 fully saturated rings. The van der Waals surface area contributed by atoms with E-state index in [1.165, 1.54) is 0 Å². The fourth-order valence-corrected chi connectivity index (χ4v) is 5.36. The first kappa shape index (κ1) is 23.3. The molecule has 4 saturated heterocycles. The second-order valence-corrected chi connectivity index (χ2v) is 9.60. The Labute approximate surface area is 186 Å². The van der Waals surface area contributed by atoms with Crippen molar-refractivity contribution < 1.29 is 74.8 Å². The molecule has 4 heterocycles. The van der Waals surface area contributed by atoms with Crippen molar-refractivity contribution >= 4 is 33.7 Å². The van der Waals surface area contributed by atoms with Crippen LogP contribution >= 0.6 is 0 Å². The van der Waals surface area contributed by atoms with Crippen molar-refractivity contribution in [3.05, 3.63) is 0 Å². The van der Waals surface area contributed by atoms with Crippen LogP contribution in [-0.2, 0) is 55.6 Å². The molecule has 0 radical (unpaired) electrons. The van der Waals surface area contributed by atoms with Gasteiger partial charge >= 0.3 is 186 Å². The molecule has 17 heteroatoms. The first-order valence-corrected chi connectivity index (χ1v) is 11.8. The van der Waals surface area contributed by atoms with Gasteiger partial charge in [-0.1, -0.05) is 0 Å². The number of carbonyl (C=O) groups excluding carboxylic acids is 4. The van der Waals surface area contributed by atoms with E-state index in [1.807, 2.05) is 0 Å². The first-order valence-electron chi connectivity index (χ1n) is 9.91. The van der Waals surface area contributed by atoms with Crippen molar-refractivity contribution in [3.63, 3.8) is 0 Å². The van der Waals surface area contributed by atoms with Crippen LogP contribution in [0.3, 0.4) is 0 Å². The molecule has 4 aliphatic heterocycles. The van der Waals surface area contributed by atoms with E-state index in [9.17, 15) is 19.2 Å².